The smallest absolute Gasteiger partial charge is 0.0332 e. The molecule has 1 rings (SSSR count). The Hall–Kier alpha value is -0.200. The van der Waals surface area contributed by atoms with Gasteiger partial charge in [0.1, 0.15) is 0 Å². The molecule has 0 aliphatic heterocycles. The lowest BCUT2D eigenvalue weighted by molar-refractivity contribution is 0.469. The number of aryl methyl sites for hydroxylation is 1. The van der Waals surface area contributed by atoms with Crippen LogP contribution < -0.4 is 0 Å². The lowest BCUT2D eigenvalue weighted by atomic mass is 9.79. The molecule has 1 aromatic rings. The molecule has 0 unspecified atom stereocenters. The summed E-state index contributed by atoms with van der Waals surface area (Å²) in [5, 5.41) is 0. The number of hydrogen-bond acceptors (Lipinski definition) is 0. The number of benzene rings is 1. The molecular weight excluding hydrogens is 239 g/mol. The summed E-state index contributed by atoms with van der Waals surface area (Å²) in [7, 11) is 0. The molecule has 0 atom stereocenters. The van der Waals surface area contributed by atoms with Crippen LogP contribution in [0.3, 0.4) is 0 Å². The Bertz CT molecular complexity index is 299. The predicted octanol–water partition coefficient (Wildman–Crippen LogP) is 4.90. The molecule has 90 valence electrons. The molecule has 0 spiro atoms. The minimum atomic E-state index is -0.0488. The largest absolute Gasteiger partial charge is 0.126 e. The number of hydrogen-bond donors (Lipinski definition) is 0. The molecule has 0 aliphatic rings. The Morgan fingerprint density at radius 3 is 2.06 bits per heavy atom. The molecular formula is C14H20Cl2. The van der Waals surface area contributed by atoms with Crippen LogP contribution >= 0.6 is 23.2 Å². The summed E-state index contributed by atoms with van der Waals surface area (Å²) in [6, 6.07) is 8.59. The standard InChI is InChI=1S/C14H20Cl2/c1-3-4-9-14(10-15,11-16)13-7-5-12(2)6-8-13/h5-8H,3-4,9-11H2,1-2H3. The minimum Gasteiger partial charge on any atom is -0.126 e. The van der Waals surface area contributed by atoms with Gasteiger partial charge in [-0.15, -0.1) is 23.2 Å². The first-order valence-electron chi connectivity index (χ1n) is 5.87. The molecule has 0 aliphatic carbocycles. The average Bonchev–Trinajstić information content (AvgIpc) is 2.33. The number of alkyl halides is 2. The van der Waals surface area contributed by atoms with E-state index in [1.165, 1.54) is 24.0 Å². The van der Waals surface area contributed by atoms with Gasteiger partial charge < -0.3 is 0 Å². The van der Waals surface area contributed by atoms with Crippen molar-refractivity contribution in [3.8, 4) is 0 Å². The fraction of sp³-hybridized carbons (Fsp3) is 0.571. The fourth-order valence-electron chi connectivity index (χ4n) is 1.89. The van der Waals surface area contributed by atoms with Crippen LogP contribution in [0.2, 0.25) is 0 Å². The van der Waals surface area contributed by atoms with E-state index in [9.17, 15) is 0 Å². The highest BCUT2D eigenvalue weighted by molar-refractivity contribution is 6.22. The molecule has 0 radical (unpaired) electrons. The highest BCUT2D eigenvalue weighted by Gasteiger charge is 2.29. The number of unbranched alkanes of at least 4 members (excludes halogenated alkanes) is 1. The van der Waals surface area contributed by atoms with Crippen LogP contribution in [0.4, 0.5) is 0 Å². The van der Waals surface area contributed by atoms with Crippen molar-refractivity contribution in [2.24, 2.45) is 0 Å². The molecule has 0 N–H and O–H groups in total. The van der Waals surface area contributed by atoms with Gasteiger partial charge >= 0.3 is 0 Å². The molecule has 0 fully saturated rings. The van der Waals surface area contributed by atoms with Gasteiger partial charge in [0.25, 0.3) is 0 Å². The van der Waals surface area contributed by atoms with Crippen molar-refractivity contribution in [3.63, 3.8) is 0 Å². The molecule has 0 bridgehead atoms. The third-order valence-electron chi connectivity index (χ3n) is 3.18. The minimum absolute atomic E-state index is 0.0488. The van der Waals surface area contributed by atoms with Crippen LogP contribution in [0.5, 0.6) is 0 Å². The predicted molar refractivity (Wildman–Crippen MR) is 73.8 cm³/mol. The maximum absolute atomic E-state index is 6.15. The lowest BCUT2D eigenvalue weighted by Gasteiger charge is -2.30. The average molecular weight is 259 g/mol. The zero-order valence-electron chi connectivity index (χ0n) is 10.1. The van der Waals surface area contributed by atoms with E-state index in [1.54, 1.807) is 0 Å². The van der Waals surface area contributed by atoms with Crippen molar-refractivity contribution in [3.05, 3.63) is 35.4 Å². The first kappa shape index (κ1) is 13.9. The molecule has 1 aromatic carbocycles. The highest BCUT2D eigenvalue weighted by atomic mass is 35.5. The van der Waals surface area contributed by atoms with E-state index >= 15 is 0 Å². The van der Waals surface area contributed by atoms with Crippen LogP contribution in [0.15, 0.2) is 24.3 Å². The van der Waals surface area contributed by atoms with Crippen molar-refractivity contribution in [1.29, 1.82) is 0 Å². The van der Waals surface area contributed by atoms with Crippen LogP contribution in [0, 0.1) is 6.92 Å². The maximum Gasteiger partial charge on any atom is 0.0332 e. The SMILES string of the molecule is CCCCC(CCl)(CCl)c1ccc(C)cc1. The number of halogens is 2. The van der Waals surface area contributed by atoms with Gasteiger partial charge in [-0.25, -0.2) is 0 Å². The van der Waals surface area contributed by atoms with Gasteiger partial charge in [-0.2, -0.15) is 0 Å². The van der Waals surface area contributed by atoms with E-state index in [0.29, 0.717) is 11.8 Å². The van der Waals surface area contributed by atoms with Crippen LogP contribution in [0.25, 0.3) is 0 Å². The Balaban J connectivity index is 2.95. The first-order chi connectivity index (χ1) is 7.68. The van der Waals surface area contributed by atoms with Crippen LogP contribution in [-0.4, -0.2) is 11.8 Å². The van der Waals surface area contributed by atoms with Crippen molar-refractivity contribution < 1.29 is 0 Å². The molecule has 0 saturated heterocycles. The van der Waals surface area contributed by atoms with Crippen LogP contribution in [-0.2, 0) is 5.41 Å². The second kappa shape index (κ2) is 6.51. The zero-order valence-corrected chi connectivity index (χ0v) is 11.6. The normalized spacial score (nSPS) is 11.8. The van der Waals surface area contributed by atoms with Crippen molar-refractivity contribution in [2.75, 3.05) is 11.8 Å². The Morgan fingerprint density at radius 1 is 1.06 bits per heavy atom. The summed E-state index contributed by atoms with van der Waals surface area (Å²) in [6.07, 6.45) is 3.42. The van der Waals surface area contributed by atoms with E-state index in [0.717, 1.165) is 6.42 Å². The van der Waals surface area contributed by atoms with Crippen molar-refractivity contribution in [2.45, 2.75) is 38.5 Å². The van der Waals surface area contributed by atoms with Gasteiger partial charge in [-0.3, -0.25) is 0 Å². The van der Waals surface area contributed by atoms with Crippen molar-refractivity contribution >= 4 is 23.2 Å². The molecule has 0 saturated carbocycles. The van der Waals surface area contributed by atoms with E-state index in [2.05, 4.69) is 38.1 Å². The van der Waals surface area contributed by atoms with Gasteiger partial charge in [0.05, 0.1) is 0 Å². The van der Waals surface area contributed by atoms with Gasteiger partial charge in [0.15, 0.2) is 0 Å². The molecule has 0 amide bonds. The monoisotopic (exact) mass is 258 g/mol. The summed E-state index contributed by atoms with van der Waals surface area (Å²) < 4.78 is 0. The van der Waals surface area contributed by atoms with E-state index in [1.807, 2.05) is 0 Å². The molecule has 0 nitrogen and oxygen atoms in total. The zero-order chi connectivity index (χ0) is 12.0. The van der Waals surface area contributed by atoms with Gasteiger partial charge in [0.2, 0.25) is 0 Å². The Labute approximate surface area is 109 Å². The van der Waals surface area contributed by atoms with Gasteiger partial charge in [-0.05, 0) is 18.9 Å². The quantitative estimate of drug-likeness (QED) is 0.637. The van der Waals surface area contributed by atoms with E-state index in [4.69, 9.17) is 23.2 Å². The first-order valence-corrected chi connectivity index (χ1v) is 6.94. The Morgan fingerprint density at radius 2 is 1.62 bits per heavy atom. The Kier molecular flexibility index (Phi) is 5.64. The van der Waals surface area contributed by atoms with Crippen molar-refractivity contribution in [1.82, 2.24) is 0 Å². The second-order valence-electron chi connectivity index (χ2n) is 4.52. The summed E-state index contributed by atoms with van der Waals surface area (Å²) >= 11 is 12.3. The molecule has 16 heavy (non-hydrogen) atoms. The van der Waals surface area contributed by atoms with Gasteiger partial charge in [0, 0.05) is 17.2 Å². The van der Waals surface area contributed by atoms with Gasteiger partial charge in [-0.1, -0.05) is 49.6 Å². The van der Waals surface area contributed by atoms with Crippen LogP contribution in [0.1, 0.15) is 37.3 Å². The second-order valence-corrected chi connectivity index (χ2v) is 5.05. The molecule has 0 aromatic heterocycles. The summed E-state index contributed by atoms with van der Waals surface area (Å²) in [5.41, 5.74) is 2.50. The maximum atomic E-state index is 6.15. The van der Waals surface area contributed by atoms with E-state index in [-0.39, 0.29) is 5.41 Å². The molecule has 2 heteroatoms. The number of rotatable bonds is 6. The lowest BCUT2D eigenvalue weighted by Crippen LogP contribution is -2.30. The summed E-state index contributed by atoms with van der Waals surface area (Å²) in [6.45, 7) is 4.29. The third kappa shape index (κ3) is 3.15. The molecule has 0 heterocycles. The third-order valence-corrected chi connectivity index (χ3v) is 4.21. The topological polar surface area (TPSA) is 0 Å². The summed E-state index contributed by atoms with van der Waals surface area (Å²) in [4.78, 5) is 0. The summed E-state index contributed by atoms with van der Waals surface area (Å²) in [5.74, 6) is 1.19. The highest BCUT2D eigenvalue weighted by Crippen LogP contribution is 2.33. The van der Waals surface area contributed by atoms with E-state index < -0.39 is 0 Å². The fourth-order valence-corrected chi connectivity index (χ4v) is 2.75.